The van der Waals surface area contributed by atoms with E-state index in [1.165, 1.54) is 0 Å². The predicted molar refractivity (Wildman–Crippen MR) is 125 cm³/mol. The standard InChI is InChI=1S/C25H27N3O3/c1-18(2)31-23-15-8-7-14-22(23)27-24(29)17-26-20-11-9-10-19(16-20)25(30)28(3)21-12-5-4-6-13-21/h4-16,18,26H,17H2,1-3H3,(H,27,29). The van der Waals surface area contributed by atoms with Crippen molar-refractivity contribution in [2.24, 2.45) is 0 Å². The van der Waals surface area contributed by atoms with Crippen molar-refractivity contribution in [3.05, 3.63) is 84.4 Å². The van der Waals surface area contributed by atoms with Crippen molar-refractivity contribution in [2.45, 2.75) is 20.0 Å². The molecule has 0 radical (unpaired) electrons. The Balaban J connectivity index is 1.62. The third-order valence-electron chi connectivity index (χ3n) is 4.53. The average Bonchev–Trinajstić information content (AvgIpc) is 2.78. The Morgan fingerprint density at radius 1 is 0.935 bits per heavy atom. The van der Waals surface area contributed by atoms with Crippen LogP contribution in [0.3, 0.4) is 0 Å². The highest BCUT2D eigenvalue weighted by atomic mass is 16.5. The van der Waals surface area contributed by atoms with Gasteiger partial charge in [-0.2, -0.15) is 0 Å². The van der Waals surface area contributed by atoms with Gasteiger partial charge in [-0.25, -0.2) is 0 Å². The number of amides is 2. The van der Waals surface area contributed by atoms with Crippen LogP contribution in [0.5, 0.6) is 5.75 Å². The summed E-state index contributed by atoms with van der Waals surface area (Å²) in [6.45, 7) is 3.93. The molecule has 0 aliphatic carbocycles. The Morgan fingerprint density at radius 2 is 1.65 bits per heavy atom. The van der Waals surface area contributed by atoms with Crippen molar-refractivity contribution >= 4 is 28.9 Å². The number of ether oxygens (including phenoxy) is 1. The Morgan fingerprint density at radius 3 is 2.39 bits per heavy atom. The monoisotopic (exact) mass is 417 g/mol. The van der Waals surface area contributed by atoms with Crippen LogP contribution < -0.4 is 20.3 Å². The normalized spacial score (nSPS) is 10.5. The molecule has 0 bridgehead atoms. The molecule has 31 heavy (non-hydrogen) atoms. The third kappa shape index (κ3) is 6.09. The van der Waals surface area contributed by atoms with E-state index >= 15 is 0 Å². The maximum atomic E-state index is 12.8. The molecule has 160 valence electrons. The van der Waals surface area contributed by atoms with Crippen molar-refractivity contribution in [2.75, 3.05) is 29.1 Å². The zero-order valence-electron chi connectivity index (χ0n) is 18.0. The van der Waals surface area contributed by atoms with Gasteiger partial charge in [-0.15, -0.1) is 0 Å². The minimum atomic E-state index is -0.210. The molecule has 0 fully saturated rings. The third-order valence-corrected chi connectivity index (χ3v) is 4.53. The van der Waals surface area contributed by atoms with Crippen LogP contribution in [-0.4, -0.2) is 31.5 Å². The fourth-order valence-electron chi connectivity index (χ4n) is 3.03. The van der Waals surface area contributed by atoms with Crippen LogP contribution in [0.25, 0.3) is 0 Å². The first-order chi connectivity index (χ1) is 14.9. The van der Waals surface area contributed by atoms with E-state index in [4.69, 9.17) is 4.74 Å². The summed E-state index contributed by atoms with van der Waals surface area (Å²) in [5.74, 6) is 0.291. The van der Waals surface area contributed by atoms with Crippen LogP contribution in [0.2, 0.25) is 0 Å². The summed E-state index contributed by atoms with van der Waals surface area (Å²) in [7, 11) is 1.74. The summed E-state index contributed by atoms with van der Waals surface area (Å²) >= 11 is 0. The van der Waals surface area contributed by atoms with E-state index in [9.17, 15) is 9.59 Å². The second-order valence-electron chi connectivity index (χ2n) is 7.35. The van der Waals surface area contributed by atoms with Crippen LogP contribution >= 0.6 is 0 Å². The predicted octanol–water partition coefficient (Wildman–Crippen LogP) is 4.80. The van der Waals surface area contributed by atoms with Crippen LogP contribution in [0.15, 0.2) is 78.9 Å². The topological polar surface area (TPSA) is 70.7 Å². The van der Waals surface area contributed by atoms with Crippen LogP contribution in [0, 0.1) is 0 Å². The summed E-state index contributed by atoms with van der Waals surface area (Å²) in [6.07, 6.45) is 0.00507. The molecule has 2 amide bonds. The minimum absolute atomic E-state index is 0.00507. The number of nitrogens with zero attached hydrogens (tertiary/aromatic N) is 1. The molecule has 3 aromatic rings. The van der Waals surface area contributed by atoms with E-state index in [0.29, 0.717) is 22.7 Å². The smallest absolute Gasteiger partial charge is 0.258 e. The fraction of sp³-hybridized carbons (Fsp3) is 0.200. The van der Waals surface area contributed by atoms with Crippen LogP contribution in [0.4, 0.5) is 17.1 Å². The molecule has 2 N–H and O–H groups in total. The quantitative estimate of drug-likeness (QED) is 0.552. The second kappa shape index (κ2) is 10.3. The number of hydrogen-bond donors (Lipinski definition) is 2. The lowest BCUT2D eigenvalue weighted by Crippen LogP contribution is -2.26. The van der Waals surface area contributed by atoms with Gasteiger partial charge in [-0.05, 0) is 56.3 Å². The zero-order valence-corrected chi connectivity index (χ0v) is 18.0. The molecule has 6 nitrogen and oxygen atoms in total. The Hall–Kier alpha value is -3.80. The number of carbonyl (C=O) groups is 2. The Labute approximate surface area is 182 Å². The maximum absolute atomic E-state index is 12.8. The maximum Gasteiger partial charge on any atom is 0.258 e. The van der Waals surface area contributed by atoms with Gasteiger partial charge < -0.3 is 20.3 Å². The lowest BCUT2D eigenvalue weighted by Gasteiger charge is -2.18. The number of rotatable bonds is 8. The fourth-order valence-corrected chi connectivity index (χ4v) is 3.03. The van der Waals surface area contributed by atoms with Gasteiger partial charge in [0.05, 0.1) is 18.3 Å². The highest BCUT2D eigenvalue weighted by molar-refractivity contribution is 6.06. The minimum Gasteiger partial charge on any atom is -0.489 e. The molecule has 0 spiro atoms. The van der Waals surface area contributed by atoms with Gasteiger partial charge in [0.15, 0.2) is 0 Å². The Kier molecular flexibility index (Phi) is 7.27. The van der Waals surface area contributed by atoms with Gasteiger partial charge in [0.25, 0.3) is 5.91 Å². The van der Waals surface area contributed by atoms with Gasteiger partial charge in [0, 0.05) is 24.0 Å². The lowest BCUT2D eigenvalue weighted by atomic mass is 10.1. The van der Waals surface area contributed by atoms with Crippen molar-refractivity contribution < 1.29 is 14.3 Å². The van der Waals surface area contributed by atoms with Crippen LogP contribution in [0.1, 0.15) is 24.2 Å². The van der Waals surface area contributed by atoms with E-state index < -0.39 is 0 Å². The van der Waals surface area contributed by atoms with Crippen molar-refractivity contribution in [1.29, 1.82) is 0 Å². The van der Waals surface area contributed by atoms with Gasteiger partial charge in [-0.1, -0.05) is 36.4 Å². The number of anilines is 3. The Bertz CT molecular complexity index is 1030. The highest BCUT2D eigenvalue weighted by Crippen LogP contribution is 2.25. The molecule has 0 aromatic heterocycles. The van der Waals surface area contributed by atoms with Gasteiger partial charge >= 0.3 is 0 Å². The molecular weight excluding hydrogens is 390 g/mol. The molecule has 0 atom stereocenters. The molecule has 6 heteroatoms. The number of hydrogen-bond acceptors (Lipinski definition) is 4. The summed E-state index contributed by atoms with van der Waals surface area (Å²) in [4.78, 5) is 26.8. The van der Waals surface area contributed by atoms with Crippen molar-refractivity contribution in [3.63, 3.8) is 0 Å². The van der Waals surface area contributed by atoms with Crippen LogP contribution in [-0.2, 0) is 4.79 Å². The number of para-hydroxylation sites is 3. The molecule has 3 aromatic carbocycles. The molecule has 0 unspecified atom stereocenters. The van der Waals surface area contributed by atoms with Crippen molar-refractivity contribution in [3.8, 4) is 5.75 Å². The molecule has 0 saturated carbocycles. The molecule has 0 heterocycles. The average molecular weight is 418 g/mol. The van der Waals surface area contributed by atoms with E-state index in [0.717, 1.165) is 5.69 Å². The first kappa shape index (κ1) is 21.9. The number of nitrogens with one attached hydrogen (secondary N) is 2. The first-order valence-corrected chi connectivity index (χ1v) is 10.2. The first-order valence-electron chi connectivity index (χ1n) is 10.2. The SMILES string of the molecule is CC(C)Oc1ccccc1NC(=O)CNc1cccc(C(=O)N(C)c2ccccc2)c1. The summed E-state index contributed by atoms with van der Waals surface area (Å²) in [5.41, 5.74) is 2.66. The van der Waals surface area contributed by atoms with E-state index in [1.807, 2.05) is 68.4 Å². The molecule has 0 aliphatic rings. The van der Waals surface area contributed by atoms with Gasteiger partial charge in [0.2, 0.25) is 5.91 Å². The number of benzene rings is 3. The molecule has 0 aliphatic heterocycles. The summed E-state index contributed by atoms with van der Waals surface area (Å²) in [6, 6.07) is 23.9. The number of carbonyl (C=O) groups excluding carboxylic acids is 2. The zero-order chi connectivity index (χ0) is 22.2. The molecular formula is C25H27N3O3. The summed E-state index contributed by atoms with van der Waals surface area (Å²) < 4.78 is 5.73. The second-order valence-corrected chi connectivity index (χ2v) is 7.35. The highest BCUT2D eigenvalue weighted by Gasteiger charge is 2.14. The largest absolute Gasteiger partial charge is 0.489 e. The van der Waals surface area contributed by atoms with Crippen molar-refractivity contribution in [1.82, 2.24) is 0 Å². The van der Waals surface area contributed by atoms with E-state index in [1.54, 1.807) is 36.2 Å². The van der Waals surface area contributed by atoms with Gasteiger partial charge in [-0.3, -0.25) is 9.59 Å². The van der Waals surface area contributed by atoms with Gasteiger partial charge in [0.1, 0.15) is 5.75 Å². The lowest BCUT2D eigenvalue weighted by molar-refractivity contribution is -0.114. The molecule has 3 rings (SSSR count). The van der Waals surface area contributed by atoms with E-state index in [-0.39, 0.29) is 24.5 Å². The molecule has 0 saturated heterocycles. The summed E-state index contributed by atoms with van der Waals surface area (Å²) in [5, 5.41) is 5.94. The van der Waals surface area contributed by atoms with E-state index in [2.05, 4.69) is 10.6 Å².